The molecule has 0 fully saturated rings. The predicted molar refractivity (Wildman–Crippen MR) is 93.8 cm³/mol. The van der Waals surface area contributed by atoms with Crippen LogP contribution < -0.4 is 0 Å². The smallest absolute Gasteiger partial charge is 0.00210 e. The topological polar surface area (TPSA) is 0 Å². The lowest BCUT2D eigenvalue weighted by molar-refractivity contribution is 1.31. The van der Waals surface area contributed by atoms with Gasteiger partial charge in [0, 0.05) is 0 Å². The molecule has 0 N–H and O–H groups in total. The minimum atomic E-state index is 1.36. The van der Waals surface area contributed by atoms with Crippen LogP contribution in [0.25, 0.3) is 32.3 Å². The highest BCUT2D eigenvalue weighted by Gasteiger charge is 2.16. The number of aryl methyl sites for hydroxylation is 4. The third-order valence-corrected chi connectivity index (χ3v) is 5.35. The van der Waals surface area contributed by atoms with Crippen molar-refractivity contribution < 1.29 is 0 Å². The summed E-state index contributed by atoms with van der Waals surface area (Å²) in [6, 6.07) is 11.5. The summed E-state index contributed by atoms with van der Waals surface area (Å²) in [6.07, 6.45) is 0. The molecule has 0 bridgehead atoms. The van der Waals surface area contributed by atoms with Crippen molar-refractivity contribution in [2.24, 2.45) is 0 Å². The Morgan fingerprint density at radius 1 is 0.524 bits per heavy atom. The van der Waals surface area contributed by atoms with E-state index >= 15 is 0 Å². The summed E-state index contributed by atoms with van der Waals surface area (Å²) in [4.78, 5) is 0. The van der Waals surface area contributed by atoms with Gasteiger partial charge in [0.25, 0.3) is 0 Å². The minimum absolute atomic E-state index is 1.36. The van der Waals surface area contributed by atoms with Gasteiger partial charge in [0.1, 0.15) is 0 Å². The van der Waals surface area contributed by atoms with Gasteiger partial charge in [-0.15, -0.1) is 0 Å². The van der Waals surface area contributed by atoms with E-state index in [1.165, 1.54) is 60.1 Å². The molecule has 0 heteroatoms. The first-order valence-electron chi connectivity index (χ1n) is 7.65. The predicted octanol–water partition coefficient (Wildman–Crippen LogP) is 6.13. The van der Waals surface area contributed by atoms with E-state index < -0.39 is 0 Å². The van der Waals surface area contributed by atoms with E-state index in [9.17, 15) is 0 Å². The van der Waals surface area contributed by atoms with Gasteiger partial charge in [-0.25, -0.2) is 0 Å². The van der Waals surface area contributed by atoms with E-state index in [4.69, 9.17) is 0 Å². The third-order valence-electron chi connectivity index (χ3n) is 5.35. The largest absolute Gasteiger partial charge is 0.0581 e. The van der Waals surface area contributed by atoms with Crippen LogP contribution in [-0.4, -0.2) is 0 Å². The fourth-order valence-corrected chi connectivity index (χ4v) is 3.96. The highest BCUT2D eigenvalue weighted by atomic mass is 14.2. The van der Waals surface area contributed by atoms with Crippen LogP contribution in [0.15, 0.2) is 30.3 Å². The van der Waals surface area contributed by atoms with E-state index in [0.29, 0.717) is 0 Å². The fraction of sp³-hybridized carbons (Fsp3) is 0.238. The molecule has 0 heterocycles. The van der Waals surface area contributed by atoms with Gasteiger partial charge in [-0.05, 0) is 94.8 Å². The van der Waals surface area contributed by atoms with Gasteiger partial charge in [-0.3, -0.25) is 0 Å². The molecule has 0 nitrogen and oxygen atoms in total. The summed E-state index contributed by atoms with van der Waals surface area (Å²) in [7, 11) is 0. The average molecular weight is 272 g/mol. The van der Waals surface area contributed by atoms with Gasteiger partial charge >= 0.3 is 0 Å². The van der Waals surface area contributed by atoms with Crippen molar-refractivity contribution >= 4 is 32.3 Å². The van der Waals surface area contributed by atoms with Crippen molar-refractivity contribution in [3.63, 3.8) is 0 Å². The second kappa shape index (κ2) is 3.98. The zero-order chi connectivity index (χ0) is 14.9. The molecule has 0 atom stereocenters. The Bertz CT molecular complexity index is 1020. The maximum absolute atomic E-state index is 2.39. The molecule has 0 unspecified atom stereocenters. The van der Waals surface area contributed by atoms with E-state index in [1.807, 2.05) is 0 Å². The van der Waals surface area contributed by atoms with Crippen LogP contribution in [0, 0.1) is 34.6 Å². The molecule has 21 heavy (non-hydrogen) atoms. The maximum Gasteiger partial charge on any atom is -0.00210 e. The Hall–Kier alpha value is -2.08. The molecule has 0 radical (unpaired) electrons. The number of hydrogen-bond donors (Lipinski definition) is 0. The van der Waals surface area contributed by atoms with E-state index in [-0.39, 0.29) is 0 Å². The molecule has 0 aromatic heterocycles. The summed E-state index contributed by atoms with van der Waals surface area (Å²) >= 11 is 0. The van der Waals surface area contributed by atoms with Crippen LogP contribution in [0.5, 0.6) is 0 Å². The van der Waals surface area contributed by atoms with Crippen molar-refractivity contribution in [1.29, 1.82) is 0 Å². The lowest BCUT2D eigenvalue weighted by Gasteiger charge is -2.19. The highest BCUT2D eigenvalue weighted by Crippen LogP contribution is 2.41. The lowest BCUT2D eigenvalue weighted by Crippen LogP contribution is -1.96. The van der Waals surface area contributed by atoms with Crippen molar-refractivity contribution in [2.45, 2.75) is 34.6 Å². The van der Waals surface area contributed by atoms with Crippen LogP contribution in [0.2, 0.25) is 0 Å². The van der Waals surface area contributed by atoms with Gasteiger partial charge in [0.15, 0.2) is 0 Å². The molecule has 0 aliphatic carbocycles. The van der Waals surface area contributed by atoms with E-state index in [2.05, 4.69) is 65.0 Å². The molecule has 4 aromatic rings. The summed E-state index contributed by atoms with van der Waals surface area (Å²) in [6.45, 7) is 11.2. The van der Waals surface area contributed by atoms with Crippen molar-refractivity contribution in [3.05, 3.63) is 58.1 Å². The average Bonchev–Trinajstić information content (AvgIpc) is 2.48. The van der Waals surface area contributed by atoms with E-state index in [0.717, 1.165) is 0 Å². The first kappa shape index (κ1) is 12.6. The molecule has 0 aliphatic heterocycles. The quantitative estimate of drug-likeness (QED) is 0.338. The molecule has 0 aliphatic rings. The van der Waals surface area contributed by atoms with E-state index in [1.54, 1.807) is 0 Å². The maximum atomic E-state index is 2.39. The number of hydrogen-bond acceptors (Lipinski definition) is 0. The summed E-state index contributed by atoms with van der Waals surface area (Å²) in [5, 5.41) is 8.55. The van der Waals surface area contributed by atoms with Gasteiger partial charge in [-0.1, -0.05) is 30.3 Å². The van der Waals surface area contributed by atoms with Crippen LogP contribution in [0.3, 0.4) is 0 Å². The van der Waals surface area contributed by atoms with Crippen LogP contribution >= 0.6 is 0 Å². The summed E-state index contributed by atoms with van der Waals surface area (Å²) in [5.41, 5.74) is 7.05. The highest BCUT2D eigenvalue weighted by molar-refractivity contribution is 6.25. The Morgan fingerprint density at radius 2 is 1.19 bits per heavy atom. The summed E-state index contributed by atoms with van der Waals surface area (Å²) in [5.74, 6) is 0. The first-order valence-corrected chi connectivity index (χ1v) is 7.65. The SMILES string of the molecule is Cc1c(C)c2ccc3ccc(C)c4c(C)cc(c1C)c2c34. The van der Waals surface area contributed by atoms with Gasteiger partial charge in [0.05, 0.1) is 0 Å². The van der Waals surface area contributed by atoms with Gasteiger partial charge in [-0.2, -0.15) is 0 Å². The molecule has 104 valence electrons. The Morgan fingerprint density at radius 3 is 1.95 bits per heavy atom. The minimum Gasteiger partial charge on any atom is -0.0581 e. The molecular formula is C21H20. The third kappa shape index (κ3) is 1.45. The molecule has 0 spiro atoms. The van der Waals surface area contributed by atoms with Crippen molar-refractivity contribution in [1.82, 2.24) is 0 Å². The molecule has 0 saturated heterocycles. The number of rotatable bonds is 0. The molecule has 4 rings (SSSR count). The Balaban J connectivity index is 2.49. The zero-order valence-corrected chi connectivity index (χ0v) is 13.4. The monoisotopic (exact) mass is 272 g/mol. The molecule has 4 aromatic carbocycles. The normalized spacial score (nSPS) is 12.0. The first-order chi connectivity index (χ1) is 10.0. The fourth-order valence-electron chi connectivity index (χ4n) is 3.96. The molecular weight excluding hydrogens is 252 g/mol. The Kier molecular flexibility index (Phi) is 2.39. The summed E-state index contributed by atoms with van der Waals surface area (Å²) < 4.78 is 0. The van der Waals surface area contributed by atoms with Crippen LogP contribution in [0.4, 0.5) is 0 Å². The molecule has 0 amide bonds. The van der Waals surface area contributed by atoms with Gasteiger partial charge in [0.2, 0.25) is 0 Å². The van der Waals surface area contributed by atoms with Crippen LogP contribution in [-0.2, 0) is 0 Å². The standard InChI is InChI=1S/C21H20/c1-11-6-7-16-8-9-17-14(4)13(3)15(5)18-10-12(2)19(11)20(16)21(17)18/h6-10H,1-5H3. The second-order valence-corrected chi connectivity index (χ2v) is 6.46. The number of benzene rings is 4. The van der Waals surface area contributed by atoms with Gasteiger partial charge < -0.3 is 0 Å². The zero-order valence-electron chi connectivity index (χ0n) is 13.4. The van der Waals surface area contributed by atoms with Crippen LogP contribution in [0.1, 0.15) is 27.8 Å². The second-order valence-electron chi connectivity index (χ2n) is 6.46. The van der Waals surface area contributed by atoms with Crippen molar-refractivity contribution in [3.8, 4) is 0 Å². The Labute approximate surface area is 125 Å². The molecule has 0 saturated carbocycles. The lowest BCUT2D eigenvalue weighted by atomic mass is 9.84. The van der Waals surface area contributed by atoms with Crippen molar-refractivity contribution in [2.75, 3.05) is 0 Å².